The molecule has 2 aromatic rings. The molecule has 1 aromatic heterocycles. The van der Waals surface area contributed by atoms with Gasteiger partial charge in [-0.2, -0.15) is 0 Å². The average Bonchev–Trinajstić information content (AvgIpc) is 2.48. The zero-order valence-corrected chi connectivity index (χ0v) is 13.6. The van der Waals surface area contributed by atoms with Crippen LogP contribution < -0.4 is 10.6 Å². The first-order chi connectivity index (χ1) is 10.5. The Kier molecular flexibility index (Phi) is 4.12. The fourth-order valence-corrected chi connectivity index (χ4v) is 3.20. The van der Waals surface area contributed by atoms with Crippen LogP contribution in [0.2, 0.25) is 0 Å². The van der Waals surface area contributed by atoms with E-state index in [-0.39, 0.29) is 0 Å². The van der Waals surface area contributed by atoms with Gasteiger partial charge in [0.05, 0.1) is 17.1 Å². The van der Waals surface area contributed by atoms with Gasteiger partial charge in [0.25, 0.3) is 0 Å². The number of benzene rings is 1. The number of rotatable bonds is 2. The van der Waals surface area contributed by atoms with E-state index in [1.54, 1.807) is 0 Å². The molecule has 0 amide bonds. The lowest BCUT2D eigenvalue weighted by Crippen LogP contribution is -2.40. The smallest absolute Gasteiger partial charge is 0.159 e. The standard InChI is InChI=1S/C18H24N4/c1-12-5-4-6-15(11-12)18-20-13(2)17(14(3)21-18)22-9-7-16(19)8-10-22/h4-6,11,16H,7-10,19H2,1-3H3. The van der Waals surface area contributed by atoms with E-state index in [1.807, 2.05) is 0 Å². The highest BCUT2D eigenvalue weighted by Crippen LogP contribution is 2.28. The first-order valence-electron chi connectivity index (χ1n) is 7.97. The summed E-state index contributed by atoms with van der Waals surface area (Å²) in [6, 6.07) is 8.69. The third-order valence-corrected chi connectivity index (χ3v) is 4.36. The molecular formula is C18H24N4. The quantitative estimate of drug-likeness (QED) is 0.925. The molecule has 1 aromatic carbocycles. The van der Waals surface area contributed by atoms with Gasteiger partial charge in [-0.3, -0.25) is 0 Å². The number of anilines is 1. The Hall–Kier alpha value is -1.94. The third kappa shape index (κ3) is 2.97. The van der Waals surface area contributed by atoms with E-state index in [0.717, 1.165) is 48.7 Å². The van der Waals surface area contributed by atoms with Gasteiger partial charge in [0, 0.05) is 24.7 Å². The fourth-order valence-electron chi connectivity index (χ4n) is 3.20. The maximum absolute atomic E-state index is 6.01. The zero-order valence-electron chi connectivity index (χ0n) is 13.6. The molecule has 0 radical (unpaired) electrons. The molecule has 3 rings (SSSR count). The SMILES string of the molecule is Cc1cccc(-c2nc(C)c(N3CCC(N)CC3)c(C)n2)c1. The maximum Gasteiger partial charge on any atom is 0.159 e. The van der Waals surface area contributed by atoms with Crippen molar-refractivity contribution in [1.82, 2.24) is 9.97 Å². The van der Waals surface area contributed by atoms with Gasteiger partial charge in [-0.15, -0.1) is 0 Å². The lowest BCUT2D eigenvalue weighted by atomic mass is 10.0. The third-order valence-electron chi connectivity index (χ3n) is 4.36. The summed E-state index contributed by atoms with van der Waals surface area (Å²) in [4.78, 5) is 11.9. The number of nitrogens with two attached hydrogens (primary N) is 1. The van der Waals surface area contributed by atoms with E-state index in [1.165, 1.54) is 11.3 Å². The molecule has 1 aliphatic heterocycles. The molecule has 0 unspecified atom stereocenters. The molecular weight excluding hydrogens is 272 g/mol. The number of hydrogen-bond acceptors (Lipinski definition) is 4. The second-order valence-corrected chi connectivity index (χ2v) is 6.26. The number of nitrogens with zero attached hydrogens (tertiary/aromatic N) is 3. The van der Waals surface area contributed by atoms with Crippen molar-refractivity contribution in [2.45, 2.75) is 39.7 Å². The predicted molar refractivity (Wildman–Crippen MR) is 91.1 cm³/mol. The highest BCUT2D eigenvalue weighted by Gasteiger charge is 2.21. The number of aromatic nitrogens is 2. The summed E-state index contributed by atoms with van der Waals surface area (Å²) in [5.74, 6) is 0.816. The minimum Gasteiger partial charge on any atom is -0.368 e. The van der Waals surface area contributed by atoms with E-state index in [9.17, 15) is 0 Å². The van der Waals surface area contributed by atoms with Gasteiger partial charge in [0.1, 0.15) is 0 Å². The predicted octanol–water partition coefficient (Wildman–Crippen LogP) is 3.00. The summed E-state index contributed by atoms with van der Waals surface area (Å²) in [6.45, 7) is 8.25. The molecule has 0 bridgehead atoms. The van der Waals surface area contributed by atoms with E-state index in [0.29, 0.717) is 6.04 Å². The Morgan fingerprint density at radius 2 is 1.68 bits per heavy atom. The Labute approximate surface area is 132 Å². The van der Waals surface area contributed by atoms with Gasteiger partial charge in [0.2, 0.25) is 0 Å². The summed E-state index contributed by atoms with van der Waals surface area (Å²) in [6.07, 6.45) is 2.08. The van der Waals surface area contributed by atoms with Crippen LogP contribution in [0.1, 0.15) is 29.8 Å². The van der Waals surface area contributed by atoms with Crippen LogP contribution >= 0.6 is 0 Å². The van der Waals surface area contributed by atoms with Gasteiger partial charge in [-0.1, -0.05) is 23.8 Å². The van der Waals surface area contributed by atoms with Crippen molar-refractivity contribution >= 4 is 5.69 Å². The molecule has 0 atom stereocenters. The first-order valence-corrected chi connectivity index (χ1v) is 7.97. The number of piperidine rings is 1. The van der Waals surface area contributed by atoms with Crippen molar-refractivity contribution in [1.29, 1.82) is 0 Å². The van der Waals surface area contributed by atoms with Crippen LogP contribution in [0.4, 0.5) is 5.69 Å². The van der Waals surface area contributed by atoms with Gasteiger partial charge >= 0.3 is 0 Å². The van der Waals surface area contributed by atoms with Crippen molar-refractivity contribution in [2.24, 2.45) is 5.73 Å². The Morgan fingerprint density at radius 1 is 1.05 bits per heavy atom. The lowest BCUT2D eigenvalue weighted by Gasteiger charge is -2.33. The molecule has 0 aliphatic carbocycles. The summed E-state index contributed by atoms with van der Waals surface area (Å²) in [5.41, 5.74) is 11.6. The molecule has 2 heterocycles. The number of aryl methyl sites for hydroxylation is 3. The van der Waals surface area contributed by atoms with Crippen LogP contribution in [0.25, 0.3) is 11.4 Å². The van der Waals surface area contributed by atoms with Crippen LogP contribution in [0.5, 0.6) is 0 Å². The molecule has 1 aliphatic rings. The van der Waals surface area contributed by atoms with Crippen LogP contribution in [-0.4, -0.2) is 29.1 Å². The van der Waals surface area contributed by atoms with Crippen LogP contribution in [0.15, 0.2) is 24.3 Å². The summed E-state index contributed by atoms with van der Waals surface area (Å²) >= 11 is 0. The molecule has 0 saturated carbocycles. The molecule has 1 fully saturated rings. The Balaban J connectivity index is 1.95. The topological polar surface area (TPSA) is 55.0 Å². The van der Waals surface area contributed by atoms with E-state index >= 15 is 0 Å². The van der Waals surface area contributed by atoms with Gasteiger partial charge in [-0.25, -0.2) is 9.97 Å². The second-order valence-electron chi connectivity index (χ2n) is 6.26. The normalized spacial score (nSPS) is 16.1. The Bertz CT molecular complexity index is 650. The minimum absolute atomic E-state index is 0.337. The van der Waals surface area contributed by atoms with Crippen LogP contribution in [0.3, 0.4) is 0 Å². The van der Waals surface area contributed by atoms with Crippen LogP contribution in [0, 0.1) is 20.8 Å². The summed E-state index contributed by atoms with van der Waals surface area (Å²) < 4.78 is 0. The molecule has 1 saturated heterocycles. The molecule has 116 valence electrons. The molecule has 22 heavy (non-hydrogen) atoms. The van der Waals surface area contributed by atoms with Gasteiger partial charge < -0.3 is 10.6 Å². The second kappa shape index (κ2) is 6.05. The first kappa shape index (κ1) is 15.0. The van der Waals surface area contributed by atoms with Crippen LogP contribution in [-0.2, 0) is 0 Å². The van der Waals surface area contributed by atoms with Crippen molar-refractivity contribution in [3.05, 3.63) is 41.2 Å². The van der Waals surface area contributed by atoms with E-state index < -0.39 is 0 Å². The number of hydrogen-bond donors (Lipinski definition) is 1. The van der Waals surface area contributed by atoms with Crippen molar-refractivity contribution in [2.75, 3.05) is 18.0 Å². The van der Waals surface area contributed by atoms with E-state index in [2.05, 4.69) is 49.9 Å². The molecule has 4 nitrogen and oxygen atoms in total. The average molecular weight is 296 g/mol. The van der Waals surface area contributed by atoms with Crippen molar-refractivity contribution in [3.8, 4) is 11.4 Å². The maximum atomic E-state index is 6.01. The molecule has 0 spiro atoms. The van der Waals surface area contributed by atoms with Gasteiger partial charge in [0.15, 0.2) is 5.82 Å². The molecule has 2 N–H and O–H groups in total. The minimum atomic E-state index is 0.337. The summed E-state index contributed by atoms with van der Waals surface area (Å²) in [7, 11) is 0. The fraction of sp³-hybridized carbons (Fsp3) is 0.444. The lowest BCUT2D eigenvalue weighted by molar-refractivity contribution is 0.499. The highest BCUT2D eigenvalue weighted by molar-refractivity contribution is 5.62. The zero-order chi connectivity index (χ0) is 15.7. The summed E-state index contributed by atoms with van der Waals surface area (Å²) in [5, 5.41) is 0. The molecule has 4 heteroatoms. The largest absolute Gasteiger partial charge is 0.368 e. The highest BCUT2D eigenvalue weighted by atomic mass is 15.2. The van der Waals surface area contributed by atoms with E-state index in [4.69, 9.17) is 15.7 Å². The van der Waals surface area contributed by atoms with Crippen molar-refractivity contribution in [3.63, 3.8) is 0 Å². The van der Waals surface area contributed by atoms with Crippen molar-refractivity contribution < 1.29 is 0 Å². The van der Waals surface area contributed by atoms with Gasteiger partial charge in [-0.05, 0) is 39.7 Å². The monoisotopic (exact) mass is 296 g/mol. The Morgan fingerprint density at radius 3 is 2.27 bits per heavy atom.